The predicted molar refractivity (Wildman–Crippen MR) is 133 cm³/mol. The average molecular weight is 458 g/mol. The lowest BCUT2D eigenvalue weighted by Crippen LogP contribution is -2.50. The van der Waals surface area contributed by atoms with Crippen molar-refractivity contribution in [3.05, 3.63) is 65.7 Å². The molecule has 34 heavy (non-hydrogen) atoms. The van der Waals surface area contributed by atoms with Crippen molar-refractivity contribution in [1.82, 2.24) is 10.2 Å². The molecule has 0 spiro atoms. The number of carbonyl (C=O) groups is 2. The van der Waals surface area contributed by atoms with Gasteiger partial charge in [-0.05, 0) is 55.2 Å². The van der Waals surface area contributed by atoms with Crippen molar-refractivity contribution < 1.29 is 9.59 Å². The van der Waals surface area contributed by atoms with Gasteiger partial charge in [0.05, 0.1) is 18.4 Å². The van der Waals surface area contributed by atoms with Crippen molar-refractivity contribution >= 4 is 17.5 Å². The molecule has 178 valence electrons. The Morgan fingerprint density at radius 1 is 0.912 bits per heavy atom. The molecule has 2 aromatic rings. The van der Waals surface area contributed by atoms with Crippen LogP contribution in [0, 0.1) is 17.8 Å². The fourth-order valence-corrected chi connectivity index (χ4v) is 6.79. The van der Waals surface area contributed by atoms with Crippen LogP contribution in [0.3, 0.4) is 0 Å². The van der Waals surface area contributed by atoms with E-state index < -0.39 is 0 Å². The van der Waals surface area contributed by atoms with E-state index in [1.807, 2.05) is 30.3 Å². The summed E-state index contributed by atoms with van der Waals surface area (Å²) in [6.07, 6.45) is 7.93. The summed E-state index contributed by atoms with van der Waals surface area (Å²) < 4.78 is 0. The lowest BCUT2D eigenvalue weighted by molar-refractivity contribution is -0.139. The highest BCUT2D eigenvalue weighted by atomic mass is 16.2. The smallest absolute Gasteiger partial charge is 0.228 e. The van der Waals surface area contributed by atoms with Crippen LogP contribution in [-0.4, -0.2) is 35.3 Å². The van der Waals surface area contributed by atoms with Gasteiger partial charge in [0.25, 0.3) is 0 Å². The van der Waals surface area contributed by atoms with E-state index in [-0.39, 0.29) is 29.8 Å². The highest BCUT2D eigenvalue weighted by Gasteiger charge is 2.51. The third-order valence-corrected chi connectivity index (χ3v) is 8.56. The molecule has 0 bridgehead atoms. The molecule has 5 heteroatoms. The highest BCUT2D eigenvalue weighted by molar-refractivity contribution is 5.83. The lowest BCUT2D eigenvalue weighted by Gasteiger charge is -2.42. The molecule has 0 radical (unpaired) electrons. The van der Waals surface area contributed by atoms with Crippen molar-refractivity contribution in [3.63, 3.8) is 0 Å². The minimum atomic E-state index is -0.117. The van der Waals surface area contributed by atoms with E-state index >= 15 is 0 Å². The largest absolute Gasteiger partial charge is 0.381 e. The number of hydrogen-bond acceptors (Lipinski definition) is 3. The van der Waals surface area contributed by atoms with Gasteiger partial charge in [-0.2, -0.15) is 0 Å². The van der Waals surface area contributed by atoms with Gasteiger partial charge in [-0.15, -0.1) is 0 Å². The Morgan fingerprint density at radius 2 is 1.68 bits per heavy atom. The Bertz CT molecular complexity index is 1050. The van der Waals surface area contributed by atoms with Crippen molar-refractivity contribution in [2.24, 2.45) is 17.8 Å². The van der Waals surface area contributed by atoms with E-state index in [0.29, 0.717) is 18.4 Å². The van der Waals surface area contributed by atoms with Gasteiger partial charge in [-0.25, -0.2) is 0 Å². The number of amides is 2. The van der Waals surface area contributed by atoms with E-state index in [1.54, 1.807) is 0 Å². The molecule has 6 rings (SSSR count). The maximum atomic E-state index is 14.1. The summed E-state index contributed by atoms with van der Waals surface area (Å²) in [7, 11) is 0. The number of anilines is 1. The standard InChI is InChI=1S/C29H35N3O2/c33-26(18-19-8-2-1-3-9-19)30-25-13-7-5-11-22(25)29(34)32-17-16-23-27(20-14-15-20)31-24-12-6-4-10-21(24)28(23)32/h1-4,6,8-10,12,20,22-23,25,27-28,31H,5,7,11,13-18H2,(H,30,33)/t22-,23+,25+,27-,28-/m0/s1. The molecule has 0 unspecified atom stereocenters. The zero-order chi connectivity index (χ0) is 23.1. The lowest BCUT2D eigenvalue weighted by atomic mass is 9.79. The summed E-state index contributed by atoms with van der Waals surface area (Å²) in [6, 6.07) is 19.0. The first-order valence-electron chi connectivity index (χ1n) is 13.2. The molecular formula is C29H35N3O2. The van der Waals surface area contributed by atoms with E-state index in [0.717, 1.165) is 50.1 Å². The maximum absolute atomic E-state index is 14.1. The topological polar surface area (TPSA) is 61.4 Å². The predicted octanol–water partition coefficient (Wildman–Crippen LogP) is 4.70. The van der Waals surface area contributed by atoms with Crippen molar-refractivity contribution in [3.8, 4) is 0 Å². The number of para-hydroxylation sites is 1. The van der Waals surface area contributed by atoms with Crippen LogP contribution in [0.25, 0.3) is 0 Å². The highest BCUT2D eigenvalue weighted by Crippen LogP contribution is 2.52. The van der Waals surface area contributed by atoms with Gasteiger partial charge in [-0.1, -0.05) is 61.4 Å². The summed E-state index contributed by atoms with van der Waals surface area (Å²) in [5.74, 6) is 1.39. The molecule has 1 saturated heterocycles. The summed E-state index contributed by atoms with van der Waals surface area (Å²) in [5, 5.41) is 7.08. The summed E-state index contributed by atoms with van der Waals surface area (Å²) in [6.45, 7) is 0.828. The van der Waals surface area contributed by atoms with Gasteiger partial charge in [0.1, 0.15) is 0 Å². The van der Waals surface area contributed by atoms with Gasteiger partial charge >= 0.3 is 0 Å². The maximum Gasteiger partial charge on any atom is 0.228 e. The van der Waals surface area contributed by atoms with Crippen LogP contribution in [0.5, 0.6) is 0 Å². The minimum absolute atomic E-state index is 0.0243. The van der Waals surface area contributed by atoms with Gasteiger partial charge in [0, 0.05) is 30.2 Å². The summed E-state index contributed by atoms with van der Waals surface area (Å²) in [4.78, 5) is 29.1. The third kappa shape index (κ3) is 4.10. The van der Waals surface area contributed by atoms with Crippen LogP contribution in [-0.2, 0) is 16.0 Å². The summed E-state index contributed by atoms with van der Waals surface area (Å²) >= 11 is 0. The molecule has 4 aliphatic rings. The fourth-order valence-electron chi connectivity index (χ4n) is 6.79. The first kappa shape index (κ1) is 21.7. The summed E-state index contributed by atoms with van der Waals surface area (Å²) in [5.41, 5.74) is 3.49. The number of benzene rings is 2. The van der Waals surface area contributed by atoms with E-state index in [1.165, 1.54) is 24.1 Å². The van der Waals surface area contributed by atoms with E-state index in [2.05, 4.69) is 39.8 Å². The van der Waals surface area contributed by atoms with Gasteiger partial charge < -0.3 is 15.5 Å². The Hall–Kier alpha value is -2.82. The molecule has 2 aliphatic carbocycles. The van der Waals surface area contributed by atoms with Crippen LogP contribution >= 0.6 is 0 Å². The Morgan fingerprint density at radius 3 is 2.50 bits per heavy atom. The molecule has 2 aliphatic heterocycles. The monoisotopic (exact) mass is 457 g/mol. The van der Waals surface area contributed by atoms with Crippen molar-refractivity contribution in [2.45, 2.75) is 69.5 Å². The molecule has 2 amide bonds. The second kappa shape index (κ2) is 9.09. The molecular weight excluding hydrogens is 422 g/mol. The van der Waals surface area contributed by atoms with Crippen LogP contribution < -0.4 is 10.6 Å². The normalized spacial score (nSPS) is 30.1. The molecule has 2 saturated carbocycles. The van der Waals surface area contributed by atoms with E-state index in [4.69, 9.17) is 0 Å². The molecule has 5 atom stereocenters. The number of nitrogens with zero attached hydrogens (tertiary/aromatic N) is 1. The van der Waals surface area contributed by atoms with Crippen molar-refractivity contribution in [1.29, 1.82) is 0 Å². The number of likely N-dealkylation sites (tertiary alicyclic amines) is 1. The number of carbonyl (C=O) groups excluding carboxylic acids is 2. The quantitative estimate of drug-likeness (QED) is 0.684. The molecule has 2 heterocycles. The molecule has 5 nitrogen and oxygen atoms in total. The molecule has 3 fully saturated rings. The van der Waals surface area contributed by atoms with Gasteiger partial charge in [0.15, 0.2) is 0 Å². The molecule has 2 N–H and O–H groups in total. The number of hydrogen-bond donors (Lipinski definition) is 2. The Balaban J connectivity index is 1.21. The minimum Gasteiger partial charge on any atom is -0.381 e. The van der Waals surface area contributed by atoms with Crippen LogP contribution in [0.15, 0.2) is 54.6 Å². The fraction of sp³-hybridized carbons (Fsp3) is 0.517. The van der Waals surface area contributed by atoms with Crippen LogP contribution in [0.2, 0.25) is 0 Å². The van der Waals surface area contributed by atoms with Gasteiger partial charge in [-0.3, -0.25) is 9.59 Å². The number of nitrogens with one attached hydrogen (secondary N) is 2. The third-order valence-electron chi connectivity index (χ3n) is 8.56. The first-order valence-corrected chi connectivity index (χ1v) is 13.2. The number of fused-ring (bicyclic) bond motifs is 3. The Kier molecular flexibility index (Phi) is 5.80. The van der Waals surface area contributed by atoms with Crippen LogP contribution in [0.1, 0.15) is 62.1 Å². The van der Waals surface area contributed by atoms with E-state index in [9.17, 15) is 9.59 Å². The second-order valence-electron chi connectivity index (χ2n) is 10.8. The molecule has 2 aromatic carbocycles. The first-order chi connectivity index (χ1) is 16.7. The zero-order valence-electron chi connectivity index (χ0n) is 19.8. The van der Waals surface area contributed by atoms with Crippen molar-refractivity contribution in [2.75, 3.05) is 11.9 Å². The Labute approximate surface area is 202 Å². The zero-order valence-corrected chi connectivity index (χ0v) is 19.8. The van der Waals surface area contributed by atoms with Crippen LogP contribution in [0.4, 0.5) is 5.69 Å². The van der Waals surface area contributed by atoms with Gasteiger partial charge in [0.2, 0.25) is 11.8 Å². The number of rotatable bonds is 5. The average Bonchev–Trinajstić information content (AvgIpc) is 3.61. The SMILES string of the molecule is O=C(Cc1ccccc1)N[C@@H]1CCCC[C@@H]1C(=O)N1CC[C@@H]2[C@H](C3CC3)Nc3ccccc3[C@@H]21. The second-order valence-corrected chi connectivity index (χ2v) is 10.8. The molecule has 0 aromatic heterocycles.